The fourth-order valence-electron chi connectivity index (χ4n) is 14.2. The Morgan fingerprint density at radius 3 is 2.43 bits per heavy atom. The fourth-order valence-corrected chi connectivity index (χ4v) is 14.2. The van der Waals surface area contributed by atoms with Gasteiger partial charge in [0.1, 0.15) is 5.54 Å². The van der Waals surface area contributed by atoms with Crippen LogP contribution in [0.1, 0.15) is 126 Å². The first-order chi connectivity index (χ1) is 23.9. The summed E-state index contributed by atoms with van der Waals surface area (Å²) in [6.07, 6.45) is 8.13. The number of rotatable bonds is 11. The zero-order chi connectivity index (χ0) is 36.9. The van der Waals surface area contributed by atoms with Crippen LogP contribution in [0.4, 0.5) is 0 Å². The third kappa shape index (κ3) is 5.52. The molecule has 7 fully saturated rings. The minimum Gasteiger partial charge on any atom is -0.480 e. The lowest BCUT2D eigenvalue weighted by Crippen LogP contribution is -2.63. The van der Waals surface area contributed by atoms with E-state index in [1.54, 1.807) is 13.8 Å². The van der Waals surface area contributed by atoms with Crippen molar-refractivity contribution in [3.63, 3.8) is 0 Å². The number of fused-ring (bicyclic) bond motifs is 4. The van der Waals surface area contributed by atoms with Gasteiger partial charge in [-0.2, -0.15) is 0 Å². The van der Waals surface area contributed by atoms with Crippen LogP contribution >= 0.6 is 0 Å². The summed E-state index contributed by atoms with van der Waals surface area (Å²) in [6.45, 7) is 18.8. The van der Waals surface area contributed by atoms with Crippen molar-refractivity contribution >= 4 is 11.9 Å². The minimum atomic E-state index is -1.27. The Hall–Kier alpha value is -1.30. The van der Waals surface area contributed by atoms with Gasteiger partial charge in [0.25, 0.3) is 0 Å². The predicted octanol–water partition coefficient (Wildman–Crippen LogP) is 5.80. The number of esters is 1. The van der Waals surface area contributed by atoms with Crippen LogP contribution in [-0.2, 0) is 28.5 Å². The van der Waals surface area contributed by atoms with Crippen molar-refractivity contribution in [3.05, 3.63) is 0 Å². The number of aliphatic hydroxyl groups is 2. The lowest BCUT2D eigenvalue weighted by atomic mass is 9.43. The molecular weight excluding hydrogens is 650 g/mol. The molecule has 2 heterocycles. The van der Waals surface area contributed by atoms with Crippen LogP contribution in [0.2, 0.25) is 0 Å². The van der Waals surface area contributed by atoms with Gasteiger partial charge in [0, 0.05) is 25.5 Å². The summed E-state index contributed by atoms with van der Waals surface area (Å²) in [5.74, 6) is 0.872. The van der Waals surface area contributed by atoms with E-state index >= 15 is 0 Å². The number of aliphatic hydroxyl groups excluding tert-OH is 1. The number of carbonyl (C=O) groups is 2. The molecular formula is C41H67NO9. The fraction of sp³-hybridized carbons (Fsp3) is 0.951. The second-order valence-corrected chi connectivity index (χ2v) is 19.6. The Kier molecular flexibility index (Phi) is 9.61. The van der Waals surface area contributed by atoms with Crippen LogP contribution in [0, 0.1) is 51.2 Å². The van der Waals surface area contributed by atoms with Crippen molar-refractivity contribution in [1.82, 2.24) is 4.90 Å². The lowest BCUT2D eigenvalue weighted by molar-refractivity contribution is -0.216. The minimum absolute atomic E-state index is 0.0941. The summed E-state index contributed by atoms with van der Waals surface area (Å²) < 4.78 is 24.9. The molecule has 0 amide bonds. The number of hydrogen-bond acceptors (Lipinski definition) is 9. The Balaban J connectivity index is 1.07. The maximum absolute atomic E-state index is 12.6. The third-order valence-electron chi connectivity index (χ3n) is 16.7. The highest BCUT2D eigenvalue weighted by molar-refractivity contribution is 5.80. The van der Waals surface area contributed by atoms with Gasteiger partial charge >= 0.3 is 11.9 Å². The lowest BCUT2D eigenvalue weighted by Gasteiger charge is -2.61. The molecule has 3 N–H and O–H groups in total. The molecule has 5 saturated carbocycles. The van der Waals surface area contributed by atoms with Crippen LogP contribution < -0.4 is 0 Å². The number of aliphatic carboxylic acids is 1. The van der Waals surface area contributed by atoms with Gasteiger partial charge in [0.15, 0.2) is 12.4 Å². The number of ether oxygens (including phenoxy) is 4. The molecule has 51 heavy (non-hydrogen) atoms. The summed E-state index contributed by atoms with van der Waals surface area (Å²) in [4.78, 5) is 26.3. The maximum atomic E-state index is 12.6. The molecule has 10 heteroatoms. The van der Waals surface area contributed by atoms with Crippen LogP contribution in [-0.4, -0.2) is 100 Å². The van der Waals surface area contributed by atoms with Gasteiger partial charge in [-0.1, -0.05) is 34.6 Å². The third-order valence-corrected chi connectivity index (χ3v) is 16.7. The molecule has 2 aliphatic heterocycles. The van der Waals surface area contributed by atoms with E-state index in [1.165, 1.54) is 26.2 Å². The molecule has 0 aromatic carbocycles. The maximum Gasteiger partial charge on any atom is 0.324 e. The van der Waals surface area contributed by atoms with Crippen LogP contribution in [0.25, 0.3) is 0 Å². The van der Waals surface area contributed by atoms with Crippen molar-refractivity contribution in [2.24, 2.45) is 51.2 Å². The SMILES string of the molecule is CC(=O)OC(C1CC(C)C2C(O1)C(O)C1(C)C3CCC(C(C)C)C4(CCCOC5CN(C6(C(=O)O)CCC6)CCO5)CC34CCC21C)C(C)(C)O. The van der Waals surface area contributed by atoms with E-state index in [2.05, 4.69) is 39.5 Å². The quantitative estimate of drug-likeness (QED) is 0.178. The normalized spacial score (nSPS) is 46.6. The van der Waals surface area contributed by atoms with Gasteiger partial charge in [0.2, 0.25) is 0 Å². The molecule has 13 atom stereocenters. The molecule has 0 radical (unpaired) electrons. The van der Waals surface area contributed by atoms with Crippen LogP contribution in [0.3, 0.4) is 0 Å². The molecule has 13 unspecified atom stereocenters. The number of hydrogen-bond donors (Lipinski definition) is 3. The molecule has 1 spiro atoms. The highest BCUT2D eigenvalue weighted by Gasteiger charge is 2.83. The Morgan fingerprint density at radius 1 is 1.10 bits per heavy atom. The van der Waals surface area contributed by atoms with E-state index in [1.807, 2.05) is 0 Å². The highest BCUT2D eigenvalue weighted by atomic mass is 16.7. The Morgan fingerprint density at radius 2 is 1.82 bits per heavy atom. The van der Waals surface area contributed by atoms with E-state index in [0.717, 1.165) is 32.1 Å². The zero-order valence-corrected chi connectivity index (χ0v) is 32.6. The standard InChI is InChI=1S/C41H67NO9/c1-24(2)27-11-12-29-38(8)33(44)32-31(25(3)21-28(51-32)34(36(5,6)47)50-26(4)43)37(38,7)16-17-40(29)23-39(27,40)13-10-19-48-30-22-42(18-20-49-30)41(35(45)46)14-9-15-41/h24-25,27-34,44,47H,9-23H2,1-8H3,(H,45,46). The molecule has 0 aromatic rings. The van der Waals surface area contributed by atoms with Crippen LogP contribution in [0.5, 0.6) is 0 Å². The van der Waals surface area contributed by atoms with E-state index in [9.17, 15) is 24.9 Å². The second kappa shape index (κ2) is 12.9. The summed E-state index contributed by atoms with van der Waals surface area (Å²) in [7, 11) is 0. The van der Waals surface area contributed by atoms with Crippen molar-refractivity contribution in [3.8, 4) is 0 Å². The average molecular weight is 718 g/mol. The summed E-state index contributed by atoms with van der Waals surface area (Å²) in [6, 6.07) is 0. The summed E-state index contributed by atoms with van der Waals surface area (Å²) in [5.41, 5.74) is -2.03. The number of nitrogens with zero attached hydrogens (tertiary/aromatic N) is 1. The highest BCUT2D eigenvalue weighted by Crippen LogP contribution is 2.87. The van der Waals surface area contributed by atoms with E-state index in [-0.39, 0.29) is 39.6 Å². The van der Waals surface area contributed by atoms with Gasteiger partial charge in [-0.05, 0) is 130 Å². The predicted molar refractivity (Wildman–Crippen MR) is 190 cm³/mol. The van der Waals surface area contributed by atoms with E-state index in [4.69, 9.17) is 18.9 Å². The van der Waals surface area contributed by atoms with Gasteiger partial charge in [-0.3, -0.25) is 14.5 Å². The molecule has 290 valence electrons. The Bertz CT molecular complexity index is 1340. The molecule has 5 aliphatic carbocycles. The van der Waals surface area contributed by atoms with Crippen molar-refractivity contribution < 1.29 is 43.9 Å². The molecule has 2 saturated heterocycles. The first-order valence-electron chi connectivity index (χ1n) is 20.3. The zero-order valence-electron chi connectivity index (χ0n) is 32.6. The smallest absolute Gasteiger partial charge is 0.324 e. The molecule has 0 bridgehead atoms. The monoisotopic (exact) mass is 717 g/mol. The molecule has 10 nitrogen and oxygen atoms in total. The Labute approximate surface area is 305 Å². The van der Waals surface area contributed by atoms with Crippen molar-refractivity contribution in [2.75, 3.05) is 26.3 Å². The summed E-state index contributed by atoms with van der Waals surface area (Å²) >= 11 is 0. The van der Waals surface area contributed by atoms with Crippen molar-refractivity contribution in [2.45, 2.75) is 168 Å². The first-order valence-corrected chi connectivity index (χ1v) is 20.3. The topological polar surface area (TPSA) is 135 Å². The number of morpholine rings is 1. The van der Waals surface area contributed by atoms with Crippen molar-refractivity contribution in [1.29, 1.82) is 0 Å². The van der Waals surface area contributed by atoms with Gasteiger partial charge in [-0.15, -0.1) is 0 Å². The van der Waals surface area contributed by atoms with Crippen LogP contribution in [0.15, 0.2) is 0 Å². The molecule has 7 rings (SSSR count). The number of carboxylic acids is 1. The van der Waals surface area contributed by atoms with Gasteiger partial charge in [-0.25, -0.2) is 0 Å². The second-order valence-electron chi connectivity index (χ2n) is 19.6. The van der Waals surface area contributed by atoms with Gasteiger partial charge in [0.05, 0.1) is 37.1 Å². The van der Waals surface area contributed by atoms with E-state index < -0.39 is 47.7 Å². The number of carboxylic acid groups (broad SMARTS) is 1. The number of carbonyl (C=O) groups excluding carboxylic acids is 1. The largest absolute Gasteiger partial charge is 0.480 e. The first kappa shape index (κ1) is 38.0. The van der Waals surface area contributed by atoms with Gasteiger partial charge < -0.3 is 34.3 Å². The average Bonchev–Trinajstić information content (AvgIpc) is 3.66. The molecule has 0 aromatic heterocycles. The molecule has 7 aliphatic rings. The van der Waals surface area contributed by atoms with E-state index in [0.29, 0.717) is 63.3 Å². The summed E-state index contributed by atoms with van der Waals surface area (Å²) in [5, 5.41) is 33.6.